The maximum absolute atomic E-state index is 12.8. The van der Waals surface area contributed by atoms with Gasteiger partial charge >= 0.3 is 0 Å². The predicted molar refractivity (Wildman–Crippen MR) is 90.9 cm³/mol. The summed E-state index contributed by atoms with van der Waals surface area (Å²) in [6, 6.07) is 5.95. The molecular formula is C17H24N4O2. The monoisotopic (exact) mass is 316 g/mol. The van der Waals surface area contributed by atoms with Gasteiger partial charge in [-0.3, -0.25) is 9.59 Å². The summed E-state index contributed by atoms with van der Waals surface area (Å²) in [4.78, 5) is 28.5. The molecule has 0 saturated carbocycles. The summed E-state index contributed by atoms with van der Waals surface area (Å²) >= 11 is 0. The van der Waals surface area contributed by atoms with E-state index in [1.165, 1.54) is 0 Å². The Labute approximate surface area is 136 Å². The quantitative estimate of drug-likeness (QED) is 0.863. The second kappa shape index (κ2) is 6.58. The van der Waals surface area contributed by atoms with Gasteiger partial charge < -0.3 is 20.4 Å². The zero-order chi connectivity index (χ0) is 16.4. The van der Waals surface area contributed by atoms with E-state index < -0.39 is 0 Å². The Morgan fingerprint density at radius 1 is 1.35 bits per heavy atom. The van der Waals surface area contributed by atoms with Gasteiger partial charge in [0, 0.05) is 44.7 Å². The van der Waals surface area contributed by atoms with Crippen LogP contribution in [0.2, 0.25) is 0 Å². The summed E-state index contributed by atoms with van der Waals surface area (Å²) in [5, 5.41) is 6.16. The Bertz CT molecular complexity index is 617. The zero-order valence-corrected chi connectivity index (χ0v) is 13.8. The van der Waals surface area contributed by atoms with Gasteiger partial charge in [-0.1, -0.05) is 0 Å². The van der Waals surface area contributed by atoms with E-state index in [2.05, 4.69) is 10.6 Å². The number of hydrogen-bond acceptors (Lipinski definition) is 4. The van der Waals surface area contributed by atoms with Crippen LogP contribution >= 0.6 is 0 Å². The van der Waals surface area contributed by atoms with Crippen LogP contribution in [0.5, 0.6) is 0 Å². The highest BCUT2D eigenvalue weighted by Gasteiger charge is 2.25. The molecule has 1 saturated heterocycles. The highest BCUT2D eigenvalue weighted by Crippen LogP contribution is 2.29. The van der Waals surface area contributed by atoms with Crippen LogP contribution in [0, 0.1) is 0 Å². The van der Waals surface area contributed by atoms with Gasteiger partial charge in [0.15, 0.2) is 0 Å². The number of benzene rings is 1. The lowest BCUT2D eigenvalue weighted by Gasteiger charge is -2.32. The standard InChI is InChI=1S/C17H24N4O2/c1-18-13-4-3-8-21(11-13)17(23)12-5-6-15-14(10-12)19-16(22)7-9-20(15)2/h5-6,10,13,18H,3-4,7-9,11H2,1-2H3,(H,19,22)/t13-/m0/s1. The summed E-state index contributed by atoms with van der Waals surface area (Å²) in [7, 11) is 3.90. The van der Waals surface area contributed by atoms with E-state index in [1.807, 2.05) is 36.0 Å². The number of carbonyl (C=O) groups excluding carboxylic acids is 2. The fraction of sp³-hybridized carbons (Fsp3) is 0.529. The van der Waals surface area contributed by atoms with Crippen molar-refractivity contribution in [2.45, 2.75) is 25.3 Å². The molecule has 0 radical (unpaired) electrons. The van der Waals surface area contributed by atoms with Crippen LogP contribution in [0.15, 0.2) is 18.2 Å². The Morgan fingerprint density at radius 3 is 2.96 bits per heavy atom. The summed E-state index contributed by atoms with van der Waals surface area (Å²) in [5.74, 6) is 0.0299. The first-order valence-electron chi connectivity index (χ1n) is 8.20. The largest absolute Gasteiger partial charge is 0.372 e. The molecule has 0 aliphatic carbocycles. The molecule has 3 rings (SSSR count). The van der Waals surface area contributed by atoms with Gasteiger partial charge in [-0.2, -0.15) is 0 Å². The van der Waals surface area contributed by atoms with Crippen molar-refractivity contribution in [1.29, 1.82) is 0 Å². The third-order valence-electron chi connectivity index (χ3n) is 4.72. The minimum atomic E-state index is -0.00609. The zero-order valence-electron chi connectivity index (χ0n) is 13.8. The molecule has 0 bridgehead atoms. The molecule has 2 amide bonds. The number of rotatable bonds is 2. The fourth-order valence-corrected chi connectivity index (χ4v) is 3.28. The van der Waals surface area contributed by atoms with Gasteiger partial charge in [-0.15, -0.1) is 0 Å². The molecule has 124 valence electrons. The van der Waals surface area contributed by atoms with Crippen LogP contribution in [0.3, 0.4) is 0 Å². The Morgan fingerprint density at radius 2 is 2.17 bits per heavy atom. The first kappa shape index (κ1) is 15.8. The minimum Gasteiger partial charge on any atom is -0.372 e. The lowest BCUT2D eigenvalue weighted by atomic mass is 10.0. The molecule has 2 heterocycles. The molecule has 1 atom stereocenters. The summed E-state index contributed by atoms with van der Waals surface area (Å²) in [6.45, 7) is 2.21. The van der Waals surface area contributed by atoms with Crippen molar-refractivity contribution in [3.05, 3.63) is 23.8 Å². The number of nitrogens with one attached hydrogen (secondary N) is 2. The molecule has 2 N–H and O–H groups in total. The van der Waals surface area contributed by atoms with Crippen molar-refractivity contribution in [1.82, 2.24) is 10.2 Å². The van der Waals surface area contributed by atoms with Crippen molar-refractivity contribution in [2.24, 2.45) is 0 Å². The number of likely N-dealkylation sites (tertiary alicyclic amines) is 1. The van der Waals surface area contributed by atoms with Gasteiger partial charge in [0.05, 0.1) is 11.4 Å². The number of anilines is 2. The lowest BCUT2D eigenvalue weighted by molar-refractivity contribution is -0.115. The highest BCUT2D eigenvalue weighted by atomic mass is 16.2. The molecule has 6 nitrogen and oxygen atoms in total. The van der Waals surface area contributed by atoms with Gasteiger partial charge in [-0.05, 0) is 38.1 Å². The van der Waals surface area contributed by atoms with Gasteiger partial charge in [0.2, 0.25) is 5.91 Å². The minimum absolute atomic E-state index is 0.00609. The van der Waals surface area contributed by atoms with E-state index in [-0.39, 0.29) is 11.8 Å². The smallest absolute Gasteiger partial charge is 0.253 e. The maximum Gasteiger partial charge on any atom is 0.253 e. The van der Waals surface area contributed by atoms with E-state index in [0.717, 1.165) is 37.3 Å². The van der Waals surface area contributed by atoms with Crippen molar-refractivity contribution in [3.63, 3.8) is 0 Å². The summed E-state index contributed by atoms with van der Waals surface area (Å²) in [6.07, 6.45) is 2.58. The molecule has 0 unspecified atom stereocenters. The molecule has 1 fully saturated rings. The van der Waals surface area contributed by atoms with Crippen molar-refractivity contribution in [3.8, 4) is 0 Å². The maximum atomic E-state index is 12.8. The number of nitrogens with zero attached hydrogens (tertiary/aromatic N) is 2. The van der Waals surface area contributed by atoms with E-state index in [4.69, 9.17) is 0 Å². The number of piperidine rings is 1. The average Bonchev–Trinajstić information content (AvgIpc) is 2.72. The van der Waals surface area contributed by atoms with Crippen molar-refractivity contribution in [2.75, 3.05) is 43.9 Å². The van der Waals surface area contributed by atoms with Crippen LogP contribution in [-0.4, -0.2) is 56.5 Å². The molecule has 1 aromatic carbocycles. The third kappa shape index (κ3) is 3.32. The first-order valence-corrected chi connectivity index (χ1v) is 8.20. The van der Waals surface area contributed by atoms with Crippen LogP contribution < -0.4 is 15.5 Å². The van der Waals surface area contributed by atoms with Crippen LogP contribution in [-0.2, 0) is 4.79 Å². The van der Waals surface area contributed by atoms with Crippen LogP contribution in [0.1, 0.15) is 29.6 Å². The summed E-state index contributed by atoms with van der Waals surface area (Å²) in [5.41, 5.74) is 2.32. The molecule has 0 aromatic heterocycles. The van der Waals surface area contributed by atoms with Crippen molar-refractivity contribution >= 4 is 23.2 Å². The average molecular weight is 316 g/mol. The highest BCUT2D eigenvalue weighted by molar-refractivity contribution is 6.01. The molecule has 2 aliphatic heterocycles. The van der Waals surface area contributed by atoms with Crippen LogP contribution in [0.25, 0.3) is 0 Å². The van der Waals surface area contributed by atoms with Crippen LogP contribution in [0.4, 0.5) is 11.4 Å². The number of amides is 2. The van der Waals surface area contributed by atoms with E-state index in [1.54, 1.807) is 6.07 Å². The first-order chi connectivity index (χ1) is 11.1. The second-order valence-corrected chi connectivity index (χ2v) is 6.33. The van der Waals surface area contributed by atoms with E-state index in [0.29, 0.717) is 24.6 Å². The number of hydrogen-bond donors (Lipinski definition) is 2. The number of fused-ring (bicyclic) bond motifs is 1. The topological polar surface area (TPSA) is 64.7 Å². The molecule has 1 aromatic rings. The molecule has 6 heteroatoms. The molecule has 23 heavy (non-hydrogen) atoms. The van der Waals surface area contributed by atoms with E-state index >= 15 is 0 Å². The number of carbonyl (C=O) groups is 2. The fourth-order valence-electron chi connectivity index (χ4n) is 3.28. The van der Waals surface area contributed by atoms with E-state index in [9.17, 15) is 9.59 Å². The Hall–Kier alpha value is -2.08. The molecule has 2 aliphatic rings. The number of likely N-dealkylation sites (N-methyl/N-ethyl adjacent to an activating group) is 1. The van der Waals surface area contributed by atoms with Gasteiger partial charge in [0.1, 0.15) is 0 Å². The normalized spacial score (nSPS) is 21.5. The van der Waals surface area contributed by atoms with Crippen molar-refractivity contribution < 1.29 is 9.59 Å². The second-order valence-electron chi connectivity index (χ2n) is 6.33. The molecule has 0 spiro atoms. The van der Waals surface area contributed by atoms with Gasteiger partial charge in [-0.25, -0.2) is 0 Å². The predicted octanol–water partition coefficient (Wildman–Crippen LogP) is 1.29. The molecular weight excluding hydrogens is 292 g/mol. The Balaban J connectivity index is 1.83. The summed E-state index contributed by atoms with van der Waals surface area (Å²) < 4.78 is 0. The third-order valence-corrected chi connectivity index (χ3v) is 4.72. The lowest BCUT2D eigenvalue weighted by Crippen LogP contribution is -2.46. The van der Waals surface area contributed by atoms with Gasteiger partial charge in [0.25, 0.3) is 5.91 Å². The SMILES string of the molecule is CN[C@H]1CCCN(C(=O)c2ccc3c(c2)NC(=O)CCN3C)C1. The Kier molecular flexibility index (Phi) is 4.52.